The number of carbonyl (C=O) groups is 1. The Kier molecular flexibility index (Phi) is 3.61. The quantitative estimate of drug-likeness (QED) is 0.625. The van der Waals surface area contributed by atoms with Gasteiger partial charge in [0.05, 0.1) is 17.7 Å². The Labute approximate surface area is 109 Å². The van der Waals surface area contributed by atoms with Crippen molar-refractivity contribution in [1.29, 1.82) is 0 Å². The lowest BCUT2D eigenvalue weighted by Crippen LogP contribution is -2.26. The fourth-order valence-corrected chi connectivity index (χ4v) is 1.68. The first-order valence-electron chi connectivity index (χ1n) is 5.60. The van der Waals surface area contributed by atoms with Crippen LogP contribution in [0.3, 0.4) is 0 Å². The summed E-state index contributed by atoms with van der Waals surface area (Å²) in [6.45, 7) is 0.314. The number of hydrogen-bond acceptors (Lipinski definition) is 4. The molecule has 0 aliphatic heterocycles. The fraction of sp³-hybridized carbons (Fsp3) is 0.154. The summed E-state index contributed by atoms with van der Waals surface area (Å²) < 4.78 is 5.15. The molecule has 0 saturated carbocycles. The lowest BCUT2D eigenvalue weighted by Gasteiger charge is -2.15. The van der Waals surface area contributed by atoms with Crippen LogP contribution in [0.5, 0.6) is 0 Å². The van der Waals surface area contributed by atoms with E-state index in [2.05, 4.69) is 0 Å². The third-order valence-corrected chi connectivity index (χ3v) is 2.62. The largest absolute Gasteiger partial charge is 0.467 e. The number of furan rings is 1. The van der Waals surface area contributed by atoms with Gasteiger partial charge in [-0.2, -0.15) is 0 Å². The van der Waals surface area contributed by atoms with Crippen molar-refractivity contribution in [3.63, 3.8) is 0 Å². The van der Waals surface area contributed by atoms with Gasteiger partial charge in [-0.05, 0) is 18.2 Å². The highest BCUT2D eigenvalue weighted by molar-refractivity contribution is 5.94. The molecule has 2 rings (SSSR count). The standard InChI is InChI=1S/C13H12N2O4/c1-14(9-12-6-3-7-19-12)13(16)10-4-2-5-11(8-10)15(17)18/h2-8H,9H2,1H3. The summed E-state index contributed by atoms with van der Waals surface area (Å²) in [5.41, 5.74) is 0.181. The van der Waals surface area contributed by atoms with Gasteiger partial charge in [0.25, 0.3) is 11.6 Å². The molecule has 0 fully saturated rings. The van der Waals surface area contributed by atoms with Gasteiger partial charge in [0.2, 0.25) is 0 Å². The monoisotopic (exact) mass is 260 g/mol. The molecule has 2 aromatic rings. The van der Waals surface area contributed by atoms with Gasteiger partial charge in [-0.15, -0.1) is 0 Å². The molecule has 1 amide bonds. The van der Waals surface area contributed by atoms with E-state index < -0.39 is 4.92 Å². The minimum atomic E-state index is -0.524. The van der Waals surface area contributed by atoms with Gasteiger partial charge >= 0.3 is 0 Å². The summed E-state index contributed by atoms with van der Waals surface area (Å²) in [5, 5.41) is 10.7. The lowest BCUT2D eigenvalue weighted by molar-refractivity contribution is -0.384. The van der Waals surface area contributed by atoms with Gasteiger partial charge in [-0.25, -0.2) is 0 Å². The van der Waals surface area contributed by atoms with Crippen LogP contribution in [0, 0.1) is 10.1 Å². The topological polar surface area (TPSA) is 76.6 Å². The van der Waals surface area contributed by atoms with Crippen LogP contribution in [-0.4, -0.2) is 22.8 Å². The van der Waals surface area contributed by atoms with Crippen molar-refractivity contribution in [3.8, 4) is 0 Å². The molecule has 6 nitrogen and oxygen atoms in total. The molecule has 0 unspecified atom stereocenters. The Morgan fingerprint density at radius 3 is 2.79 bits per heavy atom. The molecule has 0 saturated heterocycles. The Bertz CT molecular complexity index is 592. The predicted molar refractivity (Wildman–Crippen MR) is 67.6 cm³/mol. The summed E-state index contributed by atoms with van der Waals surface area (Å²) in [6, 6.07) is 9.16. The molecule has 0 atom stereocenters. The highest BCUT2D eigenvalue weighted by atomic mass is 16.6. The van der Waals surface area contributed by atoms with Crippen molar-refractivity contribution in [1.82, 2.24) is 4.90 Å². The van der Waals surface area contributed by atoms with Gasteiger partial charge in [0, 0.05) is 24.7 Å². The van der Waals surface area contributed by atoms with Crippen LogP contribution in [0.4, 0.5) is 5.69 Å². The smallest absolute Gasteiger partial charge is 0.270 e. The van der Waals surface area contributed by atoms with E-state index in [-0.39, 0.29) is 17.2 Å². The molecule has 19 heavy (non-hydrogen) atoms. The molecule has 98 valence electrons. The number of hydrogen-bond donors (Lipinski definition) is 0. The van der Waals surface area contributed by atoms with Gasteiger partial charge < -0.3 is 9.32 Å². The molecule has 0 N–H and O–H groups in total. The van der Waals surface area contributed by atoms with Crippen LogP contribution >= 0.6 is 0 Å². The average Bonchev–Trinajstić information content (AvgIpc) is 2.90. The molecule has 1 aromatic carbocycles. The highest BCUT2D eigenvalue weighted by Crippen LogP contribution is 2.15. The van der Waals surface area contributed by atoms with E-state index in [1.807, 2.05) is 0 Å². The van der Waals surface area contributed by atoms with E-state index in [1.54, 1.807) is 25.2 Å². The predicted octanol–water partition coefficient (Wildman–Crippen LogP) is 2.46. The molecular weight excluding hydrogens is 248 g/mol. The van der Waals surface area contributed by atoms with Crippen molar-refractivity contribution in [2.24, 2.45) is 0 Å². The highest BCUT2D eigenvalue weighted by Gasteiger charge is 2.16. The van der Waals surface area contributed by atoms with Crippen LogP contribution in [0.15, 0.2) is 47.1 Å². The molecule has 1 aromatic heterocycles. The normalized spacial score (nSPS) is 10.2. The molecule has 0 aliphatic carbocycles. The number of rotatable bonds is 4. The second-order valence-corrected chi connectivity index (χ2v) is 4.05. The number of carbonyl (C=O) groups excluding carboxylic acids is 1. The molecule has 1 heterocycles. The maximum atomic E-state index is 12.1. The zero-order valence-electron chi connectivity index (χ0n) is 10.3. The molecule has 0 aliphatic rings. The van der Waals surface area contributed by atoms with E-state index in [9.17, 15) is 14.9 Å². The van der Waals surface area contributed by atoms with Crippen molar-refractivity contribution in [2.45, 2.75) is 6.54 Å². The molecular formula is C13H12N2O4. The summed E-state index contributed by atoms with van der Waals surface area (Å²) in [5.74, 6) is 0.362. The first-order chi connectivity index (χ1) is 9.08. The lowest BCUT2D eigenvalue weighted by atomic mass is 10.2. The van der Waals surface area contributed by atoms with Crippen LogP contribution in [0.25, 0.3) is 0 Å². The van der Waals surface area contributed by atoms with Gasteiger partial charge in [0.15, 0.2) is 0 Å². The van der Waals surface area contributed by atoms with Crippen LogP contribution < -0.4 is 0 Å². The molecule has 0 bridgehead atoms. The van der Waals surface area contributed by atoms with Crippen molar-refractivity contribution in [2.75, 3.05) is 7.05 Å². The van der Waals surface area contributed by atoms with E-state index in [1.165, 1.54) is 29.4 Å². The van der Waals surface area contributed by atoms with Crippen LogP contribution in [0.2, 0.25) is 0 Å². The minimum Gasteiger partial charge on any atom is -0.467 e. The van der Waals surface area contributed by atoms with E-state index in [4.69, 9.17) is 4.42 Å². The SMILES string of the molecule is CN(Cc1ccco1)C(=O)c1cccc([N+](=O)[O-])c1. The third kappa shape index (κ3) is 2.98. The summed E-state index contributed by atoms with van der Waals surface area (Å²) >= 11 is 0. The van der Waals surface area contributed by atoms with Crippen LogP contribution in [-0.2, 0) is 6.54 Å². The van der Waals surface area contributed by atoms with Crippen molar-refractivity contribution < 1.29 is 14.1 Å². The first-order valence-corrected chi connectivity index (χ1v) is 5.60. The maximum Gasteiger partial charge on any atom is 0.270 e. The third-order valence-electron chi connectivity index (χ3n) is 2.62. The van der Waals surface area contributed by atoms with E-state index in [0.717, 1.165) is 0 Å². The maximum absolute atomic E-state index is 12.1. The second kappa shape index (κ2) is 5.34. The van der Waals surface area contributed by atoms with E-state index in [0.29, 0.717) is 12.3 Å². The van der Waals surface area contributed by atoms with Crippen molar-refractivity contribution in [3.05, 3.63) is 64.1 Å². The molecule has 6 heteroatoms. The Morgan fingerprint density at radius 2 is 2.16 bits per heavy atom. The van der Waals surface area contributed by atoms with Gasteiger partial charge in [-0.3, -0.25) is 14.9 Å². The van der Waals surface area contributed by atoms with E-state index >= 15 is 0 Å². The number of amides is 1. The first kappa shape index (κ1) is 12.8. The Hall–Kier alpha value is -2.63. The second-order valence-electron chi connectivity index (χ2n) is 4.05. The Balaban J connectivity index is 2.14. The number of benzene rings is 1. The number of nitro benzene ring substituents is 1. The number of nitrogens with zero attached hydrogens (tertiary/aromatic N) is 2. The van der Waals surface area contributed by atoms with Crippen molar-refractivity contribution >= 4 is 11.6 Å². The zero-order chi connectivity index (χ0) is 13.8. The summed E-state index contributed by atoms with van der Waals surface area (Å²) in [7, 11) is 1.61. The van der Waals surface area contributed by atoms with Gasteiger partial charge in [0.1, 0.15) is 5.76 Å². The number of non-ortho nitro benzene ring substituents is 1. The number of nitro groups is 1. The van der Waals surface area contributed by atoms with Gasteiger partial charge in [-0.1, -0.05) is 6.07 Å². The minimum absolute atomic E-state index is 0.0998. The summed E-state index contributed by atoms with van der Waals surface area (Å²) in [4.78, 5) is 23.7. The fourth-order valence-electron chi connectivity index (χ4n) is 1.68. The van der Waals surface area contributed by atoms with Crippen LogP contribution in [0.1, 0.15) is 16.1 Å². The zero-order valence-corrected chi connectivity index (χ0v) is 10.3. The molecule has 0 radical (unpaired) electrons. The summed E-state index contributed by atoms with van der Waals surface area (Å²) in [6.07, 6.45) is 1.53. The molecule has 0 spiro atoms. The average molecular weight is 260 g/mol. The Morgan fingerprint density at radius 1 is 1.37 bits per heavy atom.